The summed E-state index contributed by atoms with van der Waals surface area (Å²) in [6.45, 7) is 4.00. The van der Waals surface area contributed by atoms with Crippen molar-refractivity contribution in [3.63, 3.8) is 0 Å². The molecule has 0 atom stereocenters. The number of hydrogen-bond acceptors (Lipinski definition) is 3. The molecule has 2 aliphatic heterocycles. The van der Waals surface area contributed by atoms with Crippen LogP contribution in [-0.2, 0) is 14.0 Å². The molecule has 2 aliphatic rings. The molecule has 2 rings (SSSR count). The Morgan fingerprint density at radius 2 is 0.933 bits per heavy atom. The molecular weight excluding hydrogens is 223 g/mol. The summed E-state index contributed by atoms with van der Waals surface area (Å²) in [5.74, 6) is 0. The van der Waals surface area contributed by atoms with Crippen LogP contribution in [0.3, 0.4) is 0 Å². The summed E-state index contributed by atoms with van der Waals surface area (Å²) in [5, 5.41) is 0. The first-order chi connectivity index (χ1) is 7.00. The summed E-state index contributed by atoms with van der Waals surface area (Å²) < 4.78 is 18.8. The molecule has 2 saturated heterocycles. The summed E-state index contributed by atoms with van der Waals surface area (Å²) in [4.78, 5) is 21.6. The second kappa shape index (κ2) is 9.27. The molecule has 0 bridgehead atoms. The van der Waals surface area contributed by atoms with Crippen LogP contribution < -0.4 is 0 Å². The summed E-state index contributed by atoms with van der Waals surface area (Å²) in [7, 11) is -4.64. The summed E-state index contributed by atoms with van der Waals surface area (Å²) in [6, 6.07) is 0. The maximum atomic E-state index is 8.88. The van der Waals surface area contributed by atoms with E-state index < -0.39 is 7.82 Å². The molecule has 0 aromatic heterocycles. The topological polar surface area (TPSA) is 96.2 Å². The minimum absolute atomic E-state index is 1.00. The van der Waals surface area contributed by atoms with Crippen LogP contribution in [0.4, 0.5) is 0 Å². The van der Waals surface area contributed by atoms with E-state index in [0.29, 0.717) is 0 Å². The first-order valence-corrected chi connectivity index (χ1v) is 6.50. The van der Waals surface area contributed by atoms with E-state index in [0.717, 1.165) is 26.4 Å². The molecule has 6 nitrogen and oxygen atoms in total. The van der Waals surface area contributed by atoms with E-state index in [1.165, 1.54) is 25.7 Å². The Kier molecular flexibility index (Phi) is 9.29. The lowest BCUT2D eigenvalue weighted by molar-refractivity contribution is 0.198. The van der Waals surface area contributed by atoms with Crippen molar-refractivity contribution in [2.24, 2.45) is 0 Å². The van der Waals surface area contributed by atoms with Crippen LogP contribution >= 0.6 is 7.82 Å². The Bertz CT molecular complexity index is 138. The molecule has 92 valence electrons. The standard InChI is InChI=1S/2C4H8O.H3O4P/c2*1-2-4-5-3-1;1-5(2,3)4/h2*1-4H2;(H3,1,2,3,4). The molecule has 0 amide bonds. The highest BCUT2D eigenvalue weighted by Crippen LogP contribution is 2.25. The smallest absolute Gasteiger partial charge is 0.381 e. The van der Waals surface area contributed by atoms with Crippen molar-refractivity contribution >= 4 is 7.82 Å². The van der Waals surface area contributed by atoms with Crippen LogP contribution in [0, 0.1) is 0 Å². The zero-order valence-electron chi connectivity index (χ0n) is 8.67. The van der Waals surface area contributed by atoms with E-state index >= 15 is 0 Å². The van der Waals surface area contributed by atoms with Gasteiger partial charge in [-0.05, 0) is 25.7 Å². The van der Waals surface area contributed by atoms with Crippen LogP contribution in [0.2, 0.25) is 0 Å². The van der Waals surface area contributed by atoms with Gasteiger partial charge >= 0.3 is 7.82 Å². The minimum atomic E-state index is -4.64. The molecule has 15 heavy (non-hydrogen) atoms. The van der Waals surface area contributed by atoms with E-state index in [9.17, 15) is 0 Å². The van der Waals surface area contributed by atoms with Gasteiger partial charge in [-0.2, -0.15) is 0 Å². The molecule has 0 radical (unpaired) electrons. The third kappa shape index (κ3) is 20.2. The van der Waals surface area contributed by atoms with Gasteiger partial charge in [0.05, 0.1) is 0 Å². The molecule has 7 heteroatoms. The van der Waals surface area contributed by atoms with E-state index in [4.69, 9.17) is 28.7 Å². The second-order valence-corrected chi connectivity index (χ2v) is 4.18. The average molecular weight is 242 g/mol. The molecule has 2 heterocycles. The van der Waals surface area contributed by atoms with Crippen molar-refractivity contribution in [2.75, 3.05) is 26.4 Å². The van der Waals surface area contributed by atoms with Crippen LogP contribution in [0.25, 0.3) is 0 Å². The molecule has 0 spiro atoms. The van der Waals surface area contributed by atoms with Crippen LogP contribution in [0.15, 0.2) is 0 Å². The molecule has 0 saturated carbocycles. The average Bonchev–Trinajstić information content (AvgIpc) is 2.81. The lowest BCUT2D eigenvalue weighted by Crippen LogP contribution is -1.74. The highest BCUT2D eigenvalue weighted by Gasteiger charge is 2.00. The Hall–Kier alpha value is 0.0300. The normalized spacial score (nSPS) is 19.9. The largest absolute Gasteiger partial charge is 0.466 e. The molecule has 2 fully saturated rings. The lowest BCUT2D eigenvalue weighted by Gasteiger charge is -1.82. The fraction of sp³-hybridized carbons (Fsp3) is 1.00. The Morgan fingerprint density at radius 3 is 1.00 bits per heavy atom. The Balaban J connectivity index is 0.000000196. The van der Waals surface area contributed by atoms with E-state index in [2.05, 4.69) is 0 Å². The molecular formula is C8H19O6P. The third-order valence-corrected chi connectivity index (χ3v) is 1.65. The zero-order chi connectivity index (χ0) is 11.6. The van der Waals surface area contributed by atoms with Crippen molar-refractivity contribution in [3.05, 3.63) is 0 Å². The van der Waals surface area contributed by atoms with Crippen LogP contribution in [-0.4, -0.2) is 41.1 Å². The van der Waals surface area contributed by atoms with Crippen LogP contribution in [0.5, 0.6) is 0 Å². The third-order valence-electron chi connectivity index (χ3n) is 1.65. The quantitative estimate of drug-likeness (QED) is 0.540. The van der Waals surface area contributed by atoms with Gasteiger partial charge < -0.3 is 24.2 Å². The Morgan fingerprint density at radius 1 is 0.733 bits per heavy atom. The van der Waals surface area contributed by atoms with Crippen molar-refractivity contribution in [1.82, 2.24) is 0 Å². The predicted molar refractivity (Wildman–Crippen MR) is 54.4 cm³/mol. The number of hydrogen-bond donors (Lipinski definition) is 3. The summed E-state index contributed by atoms with van der Waals surface area (Å²) >= 11 is 0. The van der Waals surface area contributed by atoms with Gasteiger partial charge in [0.15, 0.2) is 0 Å². The van der Waals surface area contributed by atoms with Gasteiger partial charge in [-0.15, -0.1) is 0 Å². The highest BCUT2D eigenvalue weighted by atomic mass is 31.2. The van der Waals surface area contributed by atoms with Gasteiger partial charge in [0.2, 0.25) is 0 Å². The lowest BCUT2D eigenvalue weighted by atomic mass is 10.4. The van der Waals surface area contributed by atoms with Gasteiger partial charge in [0.1, 0.15) is 0 Å². The fourth-order valence-electron chi connectivity index (χ4n) is 1.02. The van der Waals surface area contributed by atoms with Gasteiger partial charge in [-0.3, -0.25) is 0 Å². The van der Waals surface area contributed by atoms with Gasteiger partial charge in [0, 0.05) is 26.4 Å². The zero-order valence-corrected chi connectivity index (χ0v) is 9.56. The fourth-order valence-corrected chi connectivity index (χ4v) is 1.02. The number of ether oxygens (including phenoxy) is 2. The van der Waals surface area contributed by atoms with Gasteiger partial charge in [-0.25, -0.2) is 4.57 Å². The number of phosphoric acid groups is 1. The molecule has 3 N–H and O–H groups in total. The van der Waals surface area contributed by atoms with E-state index in [1.807, 2.05) is 0 Å². The van der Waals surface area contributed by atoms with Crippen molar-refractivity contribution in [3.8, 4) is 0 Å². The van der Waals surface area contributed by atoms with Gasteiger partial charge in [0.25, 0.3) is 0 Å². The minimum Gasteiger partial charge on any atom is -0.381 e. The van der Waals surface area contributed by atoms with Crippen molar-refractivity contribution in [2.45, 2.75) is 25.7 Å². The second-order valence-electron chi connectivity index (χ2n) is 3.15. The monoisotopic (exact) mass is 242 g/mol. The molecule has 0 aromatic carbocycles. The van der Waals surface area contributed by atoms with E-state index in [1.54, 1.807) is 0 Å². The summed E-state index contributed by atoms with van der Waals surface area (Å²) in [6.07, 6.45) is 5.11. The SMILES string of the molecule is C1CCOC1.C1CCOC1.O=P(O)(O)O. The molecule has 0 aliphatic carbocycles. The van der Waals surface area contributed by atoms with Crippen molar-refractivity contribution in [1.29, 1.82) is 0 Å². The summed E-state index contributed by atoms with van der Waals surface area (Å²) in [5.41, 5.74) is 0. The Labute approximate surface area is 89.5 Å². The maximum absolute atomic E-state index is 8.88. The predicted octanol–water partition coefficient (Wildman–Crippen LogP) is 0.665. The van der Waals surface area contributed by atoms with E-state index in [-0.39, 0.29) is 0 Å². The molecule has 0 unspecified atom stereocenters. The molecule has 0 aromatic rings. The van der Waals surface area contributed by atoms with Crippen molar-refractivity contribution < 1.29 is 28.7 Å². The van der Waals surface area contributed by atoms with Crippen LogP contribution in [0.1, 0.15) is 25.7 Å². The number of rotatable bonds is 0. The maximum Gasteiger partial charge on any atom is 0.466 e. The van der Waals surface area contributed by atoms with Gasteiger partial charge in [-0.1, -0.05) is 0 Å². The first kappa shape index (κ1) is 15.0. The highest BCUT2D eigenvalue weighted by molar-refractivity contribution is 7.45. The first-order valence-electron chi connectivity index (χ1n) is 4.94.